The Kier molecular flexibility index (Phi) is 10.5. The molecule has 1 spiro atoms. The molecule has 0 bridgehead atoms. The van der Waals surface area contributed by atoms with Crippen LogP contribution in [0.4, 0.5) is 0 Å². The van der Waals surface area contributed by atoms with E-state index >= 15 is 0 Å². The summed E-state index contributed by atoms with van der Waals surface area (Å²) in [5, 5.41) is 0. The van der Waals surface area contributed by atoms with E-state index in [1.165, 1.54) is 64.2 Å². The van der Waals surface area contributed by atoms with Crippen molar-refractivity contribution in [3.63, 3.8) is 0 Å². The van der Waals surface area contributed by atoms with Gasteiger partial charge in [0.15, 0.2) is 5.76 Å². The second-order valence-electron chi connectivity index (χ2n) is 9.40. The maximum Gasteiger partial charge on any atom is 0.290 e. The topological polar surface area (TPSA) is 53.8 Å². The summed E-state index contributed by atoms with van der Waals surface area (Å²) in [6, 6.07) is 3.50. The lowest BCUT2D eigenvalue weighted by Crippen LogP contribution is -2.53. The van der Waals surface area contributed by atoms with E-state index in [-0.39, 0.29) is 10.8 Å². The molecule has 0 radical (unpaired) electrons. The molecule has 2 fully saturated rings. The first-order valence-electron chi connectivity index (χ1n) is 12.9. The Hall–Kier alpha value is -1.43. The minimum absolute atomic E-state index is 0.0132. The van der Waals surface area contributed by atoms with Crippen molar-refractivity contribution in [3.05, 3.63) is 24.2 Å². The van der Waals surface area contributed by atoms with Gasteiger partial charge in [0.1, 0.15) is 0 Å². The fraction of sp³-hybridized carbons (Fsp3) is 0.769. The molecule has 0 N–H and O–H groups in total. The van der Waals surface area contributed by atoms with Gasteiger partial charge in [0.2, 0.25) is 5.91 Å². The number of nitrogens with zero attached hydrogens (tertiary/aromatic N) is 2. The third-order valence-corrected chi connectivity index (χ3v) is 8.60. The van der Waals surface area contributed by atoms with Gasteiger partial charge < -0.3 is 14.2 Å². The molecule has 6 heteroatoms. The van der Waals surface area contributed by atoms with Crippen LogP contribution in [0, 0.1) is 0 Å². The van der Waals surface area contributed by atoms with E-state index in [4.69, 9.17) is 4.42 Å². The van der Waals surface area contributed by atoms with Crippen LogP contribution < -0.4 is 0 Å². The Morgan fingerprint density at radius 3 is 2.16 bits per heavy atom. The fourth-order valence-electron chi connectivity index (χ4n) is 5.05. The molecule has 3 rings (SSSR count). The van der Waals surface area contributed by atoms with Gasteiger partial charge in [-0.1, -0.05) is 71.1 Å². The Bertz CT molecular complexity index is 683. The third-order valence-electron chi connectivity index (χ3n) is 7.05. The van der Waals surface area contributed by atoms with Gasteiger partial charge >= 0.3 is 0 Å². The highest BCUT2D eigenvalue weighted by Gasteiger charge is 2.47. The minimum atomic E-state index is -0.169. The molecule has 5 nitrogen and oxygen atoms in total. The zero-order valence-electron chi connectivity index (χ0n) is 20.0. The van der Waals surface area contributed by atoms with Crippen LogP contribution in [0.5, 0.6) is 0 Å². The zero-order valence-corrected chi connectivity index (χ0v) is 20.8. The van der Waals surface area contributed by atoms with E-state index in [0.29, 0.717) is 18.1 Å². The summed E-state index contributed by atoms with van der Waals surface area (Å²) in [6.07, 6.45) is 18.3. The first-order chi connectivity index (χ1) is 15.7. The molecule has 0 aliphatic carbocycles. The highest BCUT2D eigenvalue weighted by Crippen LogP contribution is 2.44. The first-order valence-corrected chi connectivity index (χ1v) is 13.9. The number of unbranched alkanes of at least 4 members (excludes halogenated alkanes) is 10. The second kappa shape index (κ2) is 13.3. The van der Waals surface area contributed by atoms with Crippen molar-refractivity contribution >= 4 is 23.6 Å². The molecule has 0 saturated carbocycles. The molecule has 1 aromatic heterocycles. The summed E-state index contributed by atoms with van der Waals surface area (Å²) in [4.78, 5) is 29.4. The van der Waals surface area contributed by atoms with Gasteiger partial charge in [-0.05, 0) is 31.4 Å². The van der Waals surface area contributed by atoms with E-state index in [9.17, 15) is 9.59 Å². The zero-order chi connectivity index (χ0) is 22.7. The number of rotatable bonds is 13. The maximum atomic E-state index is 12.9. The molecule has 3 heterocycles. The molecule has 2 saturated heterocycles. The Morgan fingerprint density at radius 2 is 1.56 bits per heavy atom. The van der Waals surface area contributed by atoms with E-state index in [1.807, 2.05) is 21.6 Å². The van der Waals surface area contributed by atoms with Crippen molar-refractivity contribution < 1.29 is 14.0 Å². The average Bonchev–Trinajstić information content (AvgIpc) is 3.48. The van der Waals surface area contributed by atoms with E-state index in [1.54, 1.807) is 18.4 Å². The lowest BCUT2D eigenvalue weighted by Gasteiger charge is -2.43. The molecule has 32 heavy (non-hydrogen) atoms. The molecule has 180 valence electrons. The normalized spacial score (nSPS) is 17.9. The van der Waals surface area contributed by atoms with E-state index in [2.05, 4.69) is 6.92 Å². The van der Waals surface area contributed by atoms with Crippen molar-refractivity contribution in [3.8, 4) is 0 Å². The third kappa shape index (κ3) is 7.03. The van der Waals surface area contributed by atoms with Gasteiger partial charge in [0.05, 0.1) is 11.1 Å². The molecular weight excluding hydrogens is 420 g/mol. The highest BCUT2D eigenvalue weighted by molar-refractivity contribution is 8.00. The second-order valence-corrected chi connectivity index (χ2v) is 10.9. The van der Waals surface area contributed by atoms with Crippen LogP contribution in [0.2, 0.25) is 0 Å². The summed E-state index contributed by atoms with van der Waals surface area (Å²) in [7, 11) is 0. The van der Waals surface area contributed by atoms with Crippen LogP contribution >= 0.6 is 11.8 Å². The minimum Gasteiger partial charge on any atom is -0.459 e. The van der Waals surface area contributed by atoms with Crippen molar-refractivity contribution in [2.24, 2.45) is 0 Å². The lowest BCUT2D eigenvalue weighted by atomic mass is 10.0. The van der Waals surface area contributed by atoms with Gasteiger partial charge in [0.25, 0.3) is 5.91 Å². The number of furan rings is 1. The molecular formula is C26H42N2O3S. The number of likely N-dealkylation sites (tertiary alicyclic amines) is 1. The first kappa shape index (κ1) is 25.2. The maximum absolute atomic E-state index is 12.9. The Morgan fingerprint density at radius 1 is 0.938 bits per heavy atom. The van der Waals surface area contributed by atoms with Crippen LogP contribution in [0.25, 0.3) is 0 Å². The largest absolute Gasteiger partial charge is 0.459 e. The van der Waals surface area contributed by atoms with Crippen LogP contribution in [-0.2, 0) is 4.79 Å². The van der Waals surface area contributed by atoms with Gasteiger partial charge in [-0.15, -0.1) is 11.8 Å². The van der Waals surface area contributed by atoms with Crippen LogP contribution in [0.1, 0.15) is 107 Å². The molecule has 1 aromatic rings. The van der Waals surface area contributed by atoms with Crippen molar-refractivity contribution in [1.29, 1.82) is 0 Å². The number of carbonyl (C=O) groups excluding carboxylic acids is 2. The lowest BCUT2D eigenvalue weighted by molar-refractivity contribution is -0.132. The Labute approximate surface area is 198 Å². The Balaban J connectivity index is 1.28. The quantitative estimate of drug-likeness (QED) is 0.314. The number of hydrogen-bond donors (Lipinski definition) is 0. The fourth-order valence-corrected chi connectivity index (χ4v) is 6.50. The van der Waals surface area contributed by atoms with Crippen LogP contribution in [-0.4, -0.2) is 51.9 Å². The predicted octanol–water partition coefficient (Wildman–Crippen LogP) is 6.49. The van der Waals surface area contributed by atoms with Gasteiger partial charge in [-0.2, -0.15) is 0 Å². The van der Waals surface area contributed by atoms with Gasteiger partial charge in [0, 0.05) is 31.8 Å². The number of piperidine rings is 1. The standard InChI is InChI=1S/C26H42N2O3S/c1-2-3-4-5-6-7-8-9-10-11-12-15-24(29)27-18-16-26(17-19-27)28(20-22-32-26)25(30)23-14-13-21-31-23/h13-14,21H,2-12,15-20,22H2,1H3. The molecule has 0 unspecified atom stereocenters. The van der Waals surface area contributed by atoms with Gasteiger partial charge in [-0.25, -0.2) is 0 Å². The van der Waals surface area contributed by atoms with Crippen LogP contribution in [0.3, 0.4) is 0 Å². The SMILES string of the molecule is CCCCCCCCCCCCCC(=O)N1CCC2(CC1)SCCN2C(=O)c1ccco1. The molecule has 0 aromatic carbocycles. The predicted molar refractivity (Wildman–Crippen MR) is 132 cm³/mol. The monoisotopic (exact) mass is 462 g/mol. The average molecular weight is 463 g/mol. The van der Waals surface area contributed by atoms with Crippen molar-refractivity contribution in [2.75, 3.05) is 25.4 Å². The molecule has 0 atom stereocenters. The molecule has 2 aliphatic heterocycles. The number of thioether (sulfide) groups is 1. The number of hydrogen-bond acceptors (Lipinski definition) is 4. The smallest absolute Gasteiger partial charge is 0.290 e. The van der Waals surface area contributed by atoms with Crippen LogP contribution in [0.15, 0.2) is 22.8 Å². The van der Waals surface area contributed by atoms with Crippen molar-refractivity contribution in [1.82, 2.24) is 9.80 Å². The summed E-state index contributed by atoms with van der Waals surface area (Å²) in [5.41, 5.74) is 0. The number of amides is 2. The van der Waals surface area contributed by atoms with Gasteiger partial charge in [-0.3, -0.25) is 9.59 Å². The summed E-state index contributed by atoms with van der Waals surface area (Å²) in [6.45, 7) is 4.54. The van der Waals surface area contributed by atoms with E-state index in [0.717, 1.165) is 44.6 Å². The highest BCUT2D eigenvalue weighted by atomic mass is 32.2. The molecule has 2 aliphatic rings. The summed E-state index contributed by atoms with van der Waals surface area (Å²) >= 11 is 1.87. The molecule has 2 amide bonds. The van der Waals surface area contributed by atoms with E-state index < -0.39 is 0 Å². The summed E-state index contributed by atoms with van der Waals surface area (Å²) in [5.74, 6) is 1.66. The van der Waals surface area contributed by atoms with Crippen molar-refractivity contribution in [2.45, 2.75) is 102 Å². The number of carbonyl (C=O) groups is 2. The summed E-state index contributed by atoms with van der Waals surface area (Å²) < 4.78 is 5.34.